The summed E-state index contributed by atoms with van der Waals surface area (Å²) < 4.78 is 0. The zero-order valence-electron chi connectivity index (χ0n) is 21.6. The molecule has 11 heteroatoms. The predicted molar refractivity (Wildman–Crippen MR) is 167 cm³/mol. The molecular weight excluding hydrogens is 626 g/mol. The van der Waals surface area contributed by atoms with Crippen molar-refractivity contribution in [2.75, 3.05) is 10.6 Å². The van der Waals surface area contributed by atoms with Gasteiger partial charge in [0.2, 0.25) is 5.91 Å². The second-order valence-electron chi connectivity index (χ2n) is 8.99. The lowest BCUT2D eigenvalue weighted by molar-refractivity contribution is -0.115. The van der Waals surface area contributed by atoms with E-state index in [-0.39, 0.29) is 21.0 Å². The van der Waals surface area contributed by atoms with Gasteiger partial charge in [-0.05, 0) is 60.9 Å². The molecule has 0 radical (unpaired) electrons. The Bertz CT molecular complexity index is 1660. The second kappa shape index (κ2) is 13.2. The number of hydrogen-bond acceptors (Lipinski definition) is 4. The summed E-state index contributed by atoms with van der Waals surface area (Å²) in [5, 5.41) is 13.5. The van der Waals surface area contributed by atoms with Crippen LogP contribution in [0.15, 0.2) is 77.7 Å². The van der Waals surface area contributed by atoms with Gasteiger partial charge in [0.15, 0.2) is 0 Å². The molecule has 0 fully saturated rings. The molecule has 210 valence electrons. The summed E-state index contributed by atoms with van der Waals surface area (Å²) in [5.41, 5.74) is 2.99. The van der Waals surface area contributed by atoms with E-state index in [1.807, 2.05) is 62.4 Å². The molecule has 1 unspecified atom stereocenters. The van der Waals surface area contributed by atoms with E-state index in [0.29, 0.717) is 16.3 Å². The maximum atomic E-state index is 13.5. The first-order valence-electron chi connectivity index (χ1n) is 12.1. The van der Waals surface area contributed by atoms with Gasteiger partial charge >= 0.3 is 5.97 Å². The summed E-state index contributed by atoms with van der Waals surface area (Å²) in [6, 6.07) is 21.8. The monoisotopic (exact) mass is 646 g/mol. The van der Waals surface area contributed by atoms with Gasteiger partial charge in [0, 0.05) is 16.3 Å². The minimum Gasteiger partial charge on any atom is -0.478 e. The molecule has 0 spiro atoms. The summed E-state index contributed by atoms with van der Waals surface area (Å²) >= 11 is 25.7. The van der Waals surface area contributed by atoms with Crippen molar-refractivity contribution in [3.05, 3.63) is 121 Å². The van der Waals surface area contributed by atoms with E-state index in [0.717, 1.165) is 16.7 Å². The molecule has 0 aliphatic carbocycles. The van der Waals surface area contributed by atoms with E-state index in [2.05, 4.69) is 10.6 Å². The summed E-state index contributed by atoms with van der Waals surface area (Å²) in [5.74, 6) is -2.56. The number of hydrogen-bond donors (Lipinski definition) is 3. The minimum absolute atomic E-state index is 0.220. The first-order valence-corrected chi connectivity index (χ1v) is 14.5. The molecule has 3 N–H and O–H groups in total. The van der Waals surface area contributed by atoms with Crippen molar-refractivity contribution in [3.63, 3.8) is 0 Å². The fraction of sp³-hybridized carbons (Fsp3) is 0.100. The van der Waals surface area contributed by atoms with Crippen molar-refractivity contribution in [1.29, 1.82) is 0 Å². The first-order chi connectivity index (χ1) is 19.5. The topological polar surface area (TPSA) is 95.5 Å². The van der Waals surface area contributed by atoms with Gasteiger partial charge in [-0.15, -0.1) is 11.8 Å². The van der Waals surface area contributed by atoms with Crippen LogP contribution in [0, 0.1) is 13.8 Å². The minimum atomic E-state index is -1.49. The maximum Gasteiger partial charge on any atom is 0.338 e. The Kier molecular flexibility index (Phi) is 9.89. The Hall–Kier alpha value is -3.20. The van der Waals surface area contributed by atoms with E-state index in [1.165, 1.54) is 11.8 Å². The number of carbonyl (C=O) groups is 3. The van der Waals surface area contributed by atoms with Crippen LogP contribution in [0.2, 0.25) is 20.1 Å². The maximum absolute atomic E-state index is 13.5. The molecule has 4 aromatic rings. The highest BCUT2D eigenvalue weighted by Gasteiger charge is 2.29. The van der Waals surface area contributed by atoms with Gasteiger partial charge in [-0.3, -0.25) is 9.59 Å². The summed E-state index contributed by atoms with van der Waals surface area (Å²) in [7, 11) is 0. The third-order valence-corrected chi connectivity index (χ3v) is 9.22. The number of benzene rings is 4. The van der Waals surface area contributed by atoms with E-state index in [4.69, 9.17) is 46.4 Å². The Labute approximate surface area is 261 Å². The molecule has 0 aromatic heterocycles. The zero-order chi connectivity index (χ0) is 29.8. The number of amides is 2. The molecule has 41 heavy (non-hydrogen) atoms. The van der Waals surface area contributed by atoms with E-state index < -0.39 is 33.3 Å². The number of anilines is 2. The standard InChI is InChI=1S/C30H22Cl4N2O4S/c1-15-11-12-19(13-16(15)2)36-29(38)27(17-7-4-3-5-8-17)41-20-10-6-9-18(14-20)35-28(37)21-22(30(39)40)24(32)26(34)25(33)23(21)31/h3-14,27H,1-2H3,(H,35,37)(H,36,38)(H,39,40). The molecule has 4 rings (SSSR count). The highest BCUT2D eigenvalue weighted by atomic mass is 35.5. The third kappa shape index (κ3) is 7.00. The lowest BCUT2D eigenvalue weighted by Gasteiger charge is -2.18. The van der Waals surface area contributed by atoms with Gasteiger partial charge in [0.05, 0.1) is 31.2 Å². The fourth-order valence-corrected chi connectivity index (χ4v) is 6.05. The highest BCUT2D eigenvalue weighted by Crippen LogP contribution is 2.42. The SMILES string of the molecule is Cc1ccc(NC(=O)C(Sc2cccc(NC(=O)c3c(Cl)c(Cl)c(Cl)c(Cl)c3C(=O)O)c2)c2ccccc2)cc1C. The van der Waals surface area contributed by atoms with Crippen molar-refractivity contribution in [3.8, 4) is 0 Å². The van der Waals surface area contributed by atoms with Crippen LogP contribution < -0.4 is 10.6 Å². The Balaban J connectivity index is 1.62. The summed E-state index contributed by atoms with van der Waals surface area (Å²) in [6.07, 6.45) is 0. The molecular formula is C30H22Cl4N2O4S. The third-order valence-electron chi connectivity index (χ3n) is 6.17. The highest BCUT2D eigenvalue weighted by molar-refractivity contribution is 8.00. The molecule has 0 heterocycles. The number of thioether (sulfide) groups is 1. The van der Waals surface area contributed by atoms with Gasteiger partial charge in [-0.25, -0.2) is 4.79 Å². The summed E-state index contributed by atoms with van der Waals surface area (Å²) in [4.78, 5) is 39.2. The van der Waals surface area contributed by atoms with Crippen molar-refractivity contribution in [2.45, 2.75) is 24.0 Å². The number of halogens is 4. The molecule has 0 bridgehead atoms. The van der Waals surface area contributed by atoms with Crippen molar-refractivity contribution >= 4 is 87.3 Å². The lowest BCUT2D eigenvalue weighted by Crippen LogP contribution is -2.19. The van der Waals surface area contributed by atoms with Crippen molar-refractivity contribution in [2.24, 2.45) is 0 Å². The number of rotatable bonds is 8. The Morgan fingerprint density at radius 2 is 1.34 bits per heavy atom. The Morgan fingerprint density at radius 3 is 1.98 bits per heavy atom. The largest absolute Gasteiger partial charge is 0.478 e. The van der Waals surface area contributed by atoms with Crippen LogP contribution in [0.1, 0.15) is 42.7 Å². The average Bonchev–Trinajstić information content (AvgIpc) is 2.94. The van der Waals surface area contributed by atoms with Crippen LogP contribution in [-0.4, -0.2) is 22.9 Å². The number of carboxylic acid groups (broad SMARTS) is 1. The van der Waals surface area contributed by atoms with Gasteiger partial charge in [-0.1, -0.05) is 88.9 Å². The number of carbonyl (C=O) groups excluding carboxylic acids is 2. The van der Waals surface area contributed by atoms with Gasteiger partial charge in [0.1, 0.15) is 5.25 Å². The first kappa shape index (κ1) is 30.8. The van der Waals surface area contributed by atoms with Crippen LogP contribution in [-0.2, 0) is 4.79 Å². The lowest BCUT2D eigenvalue weighted by atomic mass is 10.1. The normalized spacial score (nSPS) is 11.6. The van der Waals surface area contributed by atoms with Gasteiger partial charge in [-0.2, -0.15) is 0 Å². The molecule has 2 amide bonds. The van der Waals surface area contributed by atoms with Gasteiger partial charge < -0.3 is 15.7 Å². The fourth-order valence-electron chi connectivity index (χ4n) is 3.95. The van der Waals surface area contributed by atoms with Crippen LogP contribution in [0.4, 0.5) is 11.4 Å². The summed E-state index contributed by atoms with van der Waals surface area (Å²) in [6.45, 7) is 3.98. The smallest absolute Gasteiger partial charge is 0.338 e. The van der Waals surface area contributed by atoms with Gasteiger partial charge in [0.25, 0.3) is 5.91 Å². The van der Waals surface area contributed by atoms with Crippen molar-refractivity contribution in [1.82, 2.24) is 0 Å². The number of carboxylic acids is 1. The van der Waals surface area contributed by atoms with Crippen LogP contribution in [0.5, 0.6) is 0 Å². The quantitative estimate of drug-likeness (QED) is 0.101. The molecule has 4 aromatic carbocycles. The molecule has 6 nitrogen and oxygen atoms in total. The van der Waals surface area contributed by atoms with Crippen LogP contribution >= 0.6 is 58.2 Å². The van der Waals surface area contributed by atoms with Crippen LogP contribution in [0.25, 0.3) is 0 Å². The van der Waals surface area contributed by atoms with E-state index in [1.54, 1.807) is 24.3 Å². The molecule has 0 saturated heterocycles. The average molecular weight is 648 g/mol. The Morgan fingerprint density at radius 1 is 0.707 bits per heavy atom. The predicted octanol–water partition coefficient (Wildman–Crippen LogP) is 9.34. The van der Waals surface area contributed by atoms with Crippen LogP contribution in [0.3, 0.4) is 0 Å². The number of aryl methyl sites for hydroxylation is 2. The second-order valence-corrected chi connectivity index (χ2v) is 11.7. The van der Waals surface area contributed by atoms with E-state index in [9.17, 15) is 19.5 Å². The molecule has 0 saturated carbocycles. The van der Waals surface area contributed by atoms with E-state index >= 15 is 0 Å². The van der Waals surface area contributed by atoms with Crippen molar-refractivity contribution < 1.29 is 19.5 Å². The zero-order valence-corrected chi connectivity index (χ0v) is 25.4. The molecule has 0 aliphatic heterocycles. The number of nitrogens with one attached hydrogen (secondary N) is 2. The molecule has 1 atom stereocenters. The number of aromatic carboxylic acids is 1. The molecule has 0 aliphatic rings.